The standard InChI is InChI=1S/C22H24N4O3/c1-14(15-8-5-4-6-9-15)26-12-16-17(13-26)24-25-21(16)23-22(27)20-18(28-2)10-7-11-19(20)29-3/h4-11,14H,12-13H2,1-3H3,(H2,23,24,25,27). The molecule has 0 radical (unpaired) electrons. The van der Waals surface area contributed by atoms with Crippen molar-refractivity contribution in [1.82, 2.24) is 15.1 Å². The molecule has 7 heteroatoms. The number of H-pyrrole nitrogens is 1. The van der Waals surface area contributed by atoms with Gasteiger partial charge in [0.05, 0.1) is 19.9 Å². The number of carbonyl (C=O) groups excluding carboxylic acids is 1. The number of fused-ring (bicyclic) bond motifs is 1. The van der Waals surface area contributed by atoms with E-state index in [-0.39, 0.29) is 11.9 Å². The van der Waals surface area contributed by atoms with Crippen molar-refractivity contribution in [1.29, 1.82) is 0 Å². The summed E-state index contributed by atoms with van der Waals surface area (Å²) in [7, 11) is 3.06. The molecule has 1 aromatic heterocycles. The zero-order valence-electron chi connectivity index (χ0n) is 16.7. The fraction of sp³-hybridized carbons (Fsp3) is 0.273. The molecule has 1 unspecified atom stereocenters. The van der Waals surface area contributed by atoms with Gasteiger partial charge in [-0.3, -0.25) is 14.8 Å². The molecule has 0 fully saturated rings. The van der Waals surface area contributed by atoms with Crippen LogP contribution in [0.1, 0.15) is 40.1 Å². The Morgan fingerprint density at radius 3 is 2.41 bits per heavy atom. The highest BCUT2D eigenvalue weighted by Gasteiger charge is 2.30. The summed E-state index contributed by atoms with van der Waals surface area (Å²) in [5.41, 5.74) is 3.64. The summed E-state index contributed by atoms with van der Waals surface area (Å²) in [6, 6.07) is 15.9. The second-order valence-corrected chi connectivity index (χ2v) is 7.01. The van der Waals surface area contributed by atoms with Gasteiger partial charge in [0.25, 0.3) is 5.91 Å². The number of hydrogen-bond donors (Lipinski definition) is 2. The lowest BCUT2D eigenvalue weighted by Gasteiger charge is -2.24. The summed E-state index contributed by atoms with van der Waals surface area (Å²) < 4.78 is 10.7. The minimum absolute atomic E-state index is 0.259. The lowest BCUT2D eigenvalue weighted by molar-refractivity contribution is 0.102. The van der Waals surface area contributed by atoms with Crippen LogP contribution in [0.2, 0.25) is 0 Å². The monoisotopic (exact) mass is 392 g/mol. The first-order valence-corrected chi connectivity index (χ1v) is 9.49. The van der Waals surface area contributed by atoms with Crippen molar-refractivity contribution in [3.05, 3.63) is 70.9 Å². The second-order valence-electron chi connectivity index (χ2n) is 7.01. The maximum absolute atomic E-state index is 13.0. The minimum Gasteiger partial charge on any atom is -0.496 e. The highest BCUT2D eigenvalue weighted by Crippen LogP contribution is 2.34. The summed E-state index contributed by atoms with van der Waals surface area (Å²) in [5, 5.41) is 10.3. The summed E-state index contributed by atoms with van der Waals surface area (Å²) in [5.74, 6) is 1.13. The molecule has 4 rings (SSSR count). The minimum atomic E-state index is -0.317. The van der Waals surface area contributed by atoms with Crippen molar-refractivity contribution in [3.63, 3.8) is 0 Å². The molecule has 0 aliphatic carbocycles. The highest BCUT2D eigenvalue weighted by atomic mass is 16.5. The fourth-order valence-corrected chi connectivity index (χ4v) is 3.73. The average molecular weight is 392 g/mol. The van der Waals surface area contributed by atoms with Crippen LogP contribution in [0.5, 0.6) is 11.5 Å². The van der Waals surface area contributed by atoms with Crippen molar-refractivity contribution in [2.45, 2.75) is 26.1 Å². The number of nitrogens with one attached hydrogen (secondary N) is 2. The van der Waals surface area contributed by atoms with E-state index in [2.05, 4.69) is 51.6 Å². The van der Waals surface area contributed by atoms with Crippen LogP contribution in [-0.2, 0) is 13.1 Å². The van der Waals surface area contributed by atoms with E-state index in [1.54, 1.807) is 18.2 Å². The molecular weight excluding hydrogens is 368 g/mol. The molecule has 1 aliphatic rings. The zero-order chi connectivity index (χ0) is 20.4. The molecular formula is C22H24N4O3. The van der Waals surface area contributed by atoms with Gasteiger partial charge in [-0.2, -0.15) is 5.10 Å². The van der Waals surface area contributed by atoms with Crippen molar-refractivity contribution in [3.8, 4) is 11.5 Å². The predicted octanol–water partition coefficient (Wildman–Crippen LogP) is 3.76. The van der Waals surface area contributed by atoms with Gasteiger partial charge >= 0.3 is 0 Å². The Morgan fingerprint density at radius 1 is 1.07 bits per heavy atom. The normalized spacial score (nSPS) is 14.3. The number of aromatic nitrogens is 2. The van der Waals surface area contributed by atoms with Gasteiger partial charge in [-0.1, -0.05) is 36.4 Å². The van der Waals surface area contributed by atoms with E-state index in [1.165, 1.54) is 19.8 Å². The van der Waals surface area contributed by atoms with Gasteiger partial charge in [0.1, 0.15) is 17.1 Å². The van der Waals surface area contributed by atoms with Gasteiger partial charge in [-0.15, -0.1) is 0 Å². The molecule has 2 aromatic carbocycles. The number of anilines is 1. The zero-order valence-corrected chi connectivity index (χ0v) is 16.7. The quantitative estimate of drug-likeness (QED) is 0.668. The van der Waals surface area contributed by atoms with Gasteiger partial charge in [0, 0.05) is 24.7 Å². The van der Waals surface area contributed by atoms with Gasteiger partial charge in [-0.25, -0.2) is 0 Å². The largest absolute Gasteiger partial charge is 0.496 e. The number of carbonyl (C=O) groups is 1. The maximum atomic E-state index is 13.0. The Balaban J connectivity index is 1.54. The Bertz CT molecular complexity index is 994. The molecule has 1 amide bonds. The molecule has 3 aromatic rings. The van der Waals surface area contributed by atoms with Crippen molar-refractivity contribution >= 4 is 11.7 Å². The number of amides is 1. The van der Waals surface area contributed by atoms with Crippen LogP contribution in [0.4, 0.5) is 5.82 Å². The van der Waals surface area contributed by atoms with Gasteiger partial charge in [-0.05, 0) is 24.6 Å². The van der Waals surface area contributed by atoms with Crippen molar-refractivity contribution < 1.29 is 14.3 Å². The first kappa shape index (κ1) is 19.0. The summed E-state index contributed by atoms with van der Waals surface area (Å²) >= 11 is 0. The smallest absolute Gasteiger partial charge is 0.264 e. The summed E-state index contributed by atoms with van der Waals surface area (Å²) in [6.45, 7) is 3.65. The Morgan fingerprint density at radius 2 is 1.76 bits per heavy atom. The number of methoxy groups -OCH3 is 2. The molecule has 0 spiro atoms. The average Bonchev–Trinajstić information content (AvgIpc) is 3.35. The number of benzene rings is 2. The maximum Gasteiger partial charge on any atom is 0.264 e. The van der Waals surface area contributed by atoms with Crippen LogP contribution in [0.3, 0.4) is 0 Å². The molecule has 0 saturated carbocycles. The number of hydrogen-bond acceptors (Lipinski definition) is 5. The number of rotatable bonds is 6. The van der Waals surface area contributed by atoms with Crippen LogP contribution in [0.25, 0.3) is 0 Å². The number of ether oxygens (including phenoxy) is 2. The SMILES string of the molecule is COc1cccc(OC)c1C(=O)Nc1n[nH]c2c1CN(C(C)c1ccccc1)C2. The Labute approximate surface area is 169 Å². The molecule has 2 N–H and O–H groups in total. The van der Waals surface area contributed by atoms with E-state index in [4.69, 9.17) is 9.47 Å². The van der Waals surface area contributed by atoms with Crippen LogP contribution in [0, 0.1) is 0 Å². The molecule has 29 heavy (non-hydrogen) atoms. The molecule has 150 valence electrons. The van der Waals surface area contributed by atoms with Crippen LogP contribution in [-0.4, -0.2) is 35.2 Å². The topological polar surface area (TPSA) is 79.5 Å². The van der Waals surface area contributed by atoms with Crippen LogP contribution < -0.4 is 14.8 Å². The first-order chi connectivity index (χ1) is 14.1. The van der Waals surface area contributed by atoms with E-state index in [9.17, 15) is 4.79 Å². The number of nitrogens with zero attached hydrogens (tertiary/aromatic N) is 2. The molecule has 1 atom stereocenters. The number of aromatic amines is 1. The molecule has 1 aliphatic heterocycles. The van der Waals surface area contributed by atoms with E-state index in [0.29, 0.717) is 29.4 Å². The van der Waals surface area contributed by atoms with Gasteiger partial charge < -0.3 is 14.8 Å². The molecule has 0 bridgehead atoms. The third kappa shape index (κ3) is 3.56. The van der Waals surface area contributed by atoms with Crippen molar-refractivity contribution in [2.75, 3.05) is 19.5 Å². The van der Waals surface area contributed by atoms with Gasteiger partial charge in [0.15, 0.2) is 5.82 Å². The van der Waals surface area contributed by atoms with E-state index < -0.39 is 0 Å². The van der Waals surface area contributed by atoms with Crippen LogP contribution >= 0.6 is 0 Å². The lowest BCUT2D eigenvalue weighted by Crippen LogP contribution is -2.22. The predicted molar refractivity (Wildman–Crippen MR) is 110 cm³/mol. The highest BCUT2D eigenvalue weighted by molar-refractivity contribution is 6.08. The first-order valence-electron chi connectivity index (χ1n) is 9.49. The van der Waals surface area contributed by atoms with Crippen molar-refractivity contribution in [2.24, 2.45) is 0 Å². The van der Waals surface area contributed by atoms with E-state index in [1.807, 2.05) is 6.07 Å². The summed E-state index contributed by atoms with van der Waals surface area (Å²) in [6.07, 6.45) is 0. The van der Waals surface area contributed by atoms with Crippen LogP contribution in [0.15, 0.2) is 48.5 Å². The van der Waals surface area contributed by atoms with Gasteiger partial charge in [0.2, 0.25) is 0 Å². The summed E-state index contributed by atoms with van der Waals surface area (Å²) in [4.78, 5) is 15.3. The molecule has 0 saturated heterocycles. The van der Waals surface area contributed by atoms with E-state index >= 15 is 0 Å². The molecule has 7 nitrogen and oxygen atoms in total. The Hall–Kier alpha value is -3.32. The third-order valence-corrected chi connectivity index (χ3v) is 5.39. The fourth-order valence-electron chi connectivity index (χ4n) is 3.73. The van der Waals surface area contributed by atoms with E-state index in [0.717, 1.165) is 17.8 Å². The lowest BCUT2D eigenvalue weighted by atomic mass is 10.1. The third-order valence-electron chi connectivity index (χ3n) is 5.39. The Kier molecular flexibility index (Phi) is 5.22. The molecule has 2 heterocycles. The second kappa shape index (κ2) is 7.97.